The summed E-state index contributed by atoms with van der Waals surface area (Å²) in [6.07, 6.45) is 6.90. The average molecular weight is 296 g/mol. The lowest BCUT2D eigenvalue weighted by Gasteiger charge is -2.06. The molecule has 0 saturated carbocycles. The van der Waals surface area contributed by atoms with Crippen LogP contribution in [-0.4, -0.2) is 18.3 Å². The standard InChI is InChI=1S/C20H24O2/c21-15-8-14-20-12-5-4-11-19(20)13-6-7-16-22-17-18-9-2-1-3-10-18/h1-7,9-12,21H,8,13-17H2/b7-6+. The number of allylic oxidation sites excluding steroid dienone is 1. The molecule has 0 aromatic heterocycles. The monoisotopic (exact) mass is 296 g/mol. The smallest absolute Gasteiger partial charge is 0.0721 e. The van der Waals surface area contributed by atoms with Gasteiger partial charge in [-0.1, -0.05) is 66.7 Å². The summed E-state index contributed by atoms with van der Waals surface area (Å²) in [7, 11) is 0. The van der Waals surface area contributed by atoms with E-state index in [1.807, 2.05) is 18.2 Å². The number of hydrogen-bond acceptors (Lipinski definition) is 2. The van der Waals surface area contributed by atoms with Gasteiger partial charge in [-0.25, -0.2) is 0 Å². The summed E-state index contributed by atoms with van der Waals surface area (Å²) in [6, 6.07) is 18.6. The molecule has 0 radical (unpaired) electrons. The van der Waals surface area contributed by atoms with Gasteiger partial charge in [-0.15, -0.1) is 0 Å². The number of aliphatic hydroxyl groups excluding tert-OH is 1. The molecule has 0 heterocycles. The number of aliphatic hydroxyl groups is 1. The summed E-state index contributed by atoms with van der Waals surface area (Å²) >= 11 is 0. The Morgan fingerprint density at radius 1 is 0.864 bits per heavy atom. The molecule has 116 valence electrons. The summed E-state index contributed by atoms with van der Waals surface area (Å²) in [4.78, 5) is 0. The number of aryl methyl sites for hydroxylation is 1. The molecule has 22 heavy (non-hydrogen) atoms. The minimum absolute atomic E-state index is 0.248. The van der Waals surface area contributed by atoms with Crippen LogP contribution in [0.15, 0.2) is 66.7 Å². The molecule has 0 saturated heterocycles. The van der Waals surface area contributed by atoms with Crippen LogP contribution in [0.3, 0.4) is 0 Å². The normalized spacial score (nSPS) is 11.1. The van der Waals surface area contributed by atoms with E-state index in [9.17, 15) is 0 Å². The van der Waals surface area contributed by atoms with Crippen LogP contribution in [0.1, 0.15) is 23.1 Å². The third-order valence-electron chi connectivity index (χ3n) is 3.55. The van der Waals surface area contributed by atoms with E-state index < -0.39 is 0 Å². The highest BCUT2D eigenvalue weighted by atomic mass is 16.5. The summed E-state index contributed by atoms with van der Waals surface area (Å²) in [5, 5.41) is 8.96. The lowest BCUT2D eigenvalue weighted by molar-refractivity contribution is 0.148. The highest BCUT2D eigenvalue weighted by Gasteiger charge is 1.99. The second-order valence-electron chi connectivity index (χ2n) is 5.27. The largest absolute Gasteiger partial charge is 0.396 e. The summed E-state index contributed by atoms with van der Waals surface area (Å²) < 4.78 is 5.63. The Kier molecular flexibility index (Phi) is 7.44. The Bertz CT molecular complexity index is 561. The fraction of sp³-hybridized carbons (Fsp3) is 0.300. The first-order chi connectivity index (χ1) is 10.9. The predicted molar refractivity (Wildman–Crippen MR) is 90.8 cm³/mol. The van der Waals surface area contributed by atoms with Gasteiger partial charge in [0.25, 0.3) is 0 Å². The lowest BCUT2D eigenvalue weighted by Crippen LogP contribution is -1.96. The molecule has 0 unspecified atom stereocenters. The molecule has 2 heteroatoms. The van der Waals surface area contributed by atoms with Crippen LogP contribution in [0.4, 0.5) is 0 Å². The van der Waals surface area contributed by atoms with Crippen LogP contribution < -0.4 is 0 Å². The molecule has 1 N–H and O–H groups in total. The maximum absolute atomic E-state index is 8.96. The van der Waals surface area contributed by atoms with Crippen molar-refractivity contribution in [2.75, 3.05) is 13.2 Å². The van der Waals surface area contributed by atoms with Crippen molar-refractivity contribution in [1.82, 2.24) is 0 Å². The van der Waals surface area contributed by atoms with Crippen molar-refractivity contribution in [1.29, 1.82) is 0 Å². The quantitative estimate of drug-likeness (QED) is 0.561. The topological polar surface area (TPSA) is 29.5 Å². The Morgan fingerprint density at radius 2 is 1.59 bits per heavy atom. The van der Waals surface area contributed by atoms with Crippen LogP contribution in [0.5, 0.6) is 0 Å². The summed E-state index contributed by atoms with van der Waals surface area (Å²) in [6.45, 7) is 1.53. The van der Waals surface area contributed by atoms with Crippen molar-refractivity contribution in [3.05, 3.63) is 83.4 Å². The van der Waals surface area contributed by atoms with Gasteiger partial charge in [0.15, 0.2) is 0 Å². The van der Waals surface area contributed by atoms with Crippen molar-refractivity contribution < 1.29 is 9.84 Å². The third-order valence-corrected chi connectivity index (χ3v) is 3.55. The molecule has 2 aromatic rings. The van der Waals surface area contributed by atoms with Gasteiger partial charge in [-0.2, -0.15) is 0 Å². The Morgan fingerprint density at radius 3 is 2.36 bits per heavy atom. The SMILES string of the molecule is OCCCc1ccccc1C/C=C/COCc1ccccc1. The van der Waals surface area contributed by atoms with Gasteiger partial charge in [0.1, 0.15) is 0 Å². The van der Waals surface area contributed by atoms with E-state index >= 15 is 0 Å². The number of hydrogen-bond donors (Lipinski definition) is 1. The van der Waals surface area contributed by atoms with E-state index in [0.717, 1.165) is 19.3 Å². The Balaban J connectivity index is 1.73. The molecule has 0 atom stereocenters. The van der Waals surface area contributed by atoms with Crippen molar-refractivity contribution in [3.8, 4) is 0 Å². The molecular weight excluding hydrogens is 272 g/mol. The van der Waals surface area contributed by atoms with E-state index in [1.165, 1.54) is 16.7 Å². The number of ether oxygens (including phenoxy) is 1. The van der Waals surface area contributed by atoms with E-state index in [-0.39, 0.29) is 6.61 Å². The summed E-state index contributed by atoms with van der Waals surface area (Å²) in [5.41, 5.74) is 3.85. The summed E-state index contributed by atoms with van der Waals surface area (Å²) in [5.74, 6) is 0. The van der Waals surface area contributed by atoms with Gasteiger partial charge in [0, 0.05) is 6.61 Å². The molecule has 2 rings (SSSR count). The van der Waals surface area contributed by atoms with Gasteiger partial charge in [-0.05, 0) is 36.0 Å². The van der Waals surface area contributed by atoms with Crippen LogP contribution >= 0.6 is 0 Å². The van der Waals surface area contributed by atoms with Gasteiger partial charge in [0.2, 0.25) is 0 Å². The van der Waals surface area contributed by atoms with Gasteiger partial charge in [-0.3, -0.25) is 0 Å². The average Bonchev–Trinajstić information content (AvgIpc) is 2.58. The molecule has 2 aromatic carbocycles. The van der Waals surface area contributed by atoms with E-state index in [4.69, 9.17) is 9.84 Å². The molecular formula is C20H24O2. The molecule has 0 bridgehead atoms. The van der Waals surface area contributed by atoms with E-state index in [2.05, 4.69) is 48.6 Å². The highest BCUT2D eigenvalue weighted by molar-refractivity contribution is 5.29. The van der Waals surface area contributed by atoms with Gasteiger partial charge in [0.05, 0.1) is 13.2 Å². The van der Waals surface area contributed by atoms with E-state index in [1.54, 1.807) is 0 Å². The second kappa shape index (κ2) is 9.93. The second-order valence-corrected chi connectivity index (χ2v) is 5.27. The zero-order chi connectivity index (χ0) is 15.5. The Labute approximate surface area is 133 Å². The minimum Gasteiger partial charge on any atom is -0.396 e. The van der Waals surface area contributed by atoms with Crippen LogP contribution in [0, 0.1) is 0 Å². The highest BCUT2D eigenvalue weighted by Crippen LogP contribution is 2.12. The first-order valence-electron chi connectivity index (χ1n) is 7.84. The maximum Gasteiger partial charge on any atom is 0.0721 e. The maximum atomic E-state index is 8.96. The first kappa shape index (κ1) is 16.5. The fourth-order valence-corrected chi connectivity index (χ4v) is 2.37. The van der Waals surface area contributed by atoms with Crippen molar-refractivity contribution in [2.45, 2.75) is 25.9 Å². The zero-order valence-corrected chi connectivity index (χ0v) is 12.9. The fourth-order valence-electron chi connectivity index (χ4n) is 2.37. The molecule has 0 aliphatic rings. The van der Waals surface area contributed by atoms with Gasteiger partial charge >= 0.3 is 0 Å². The van der Waals surface area contributed by atoms with Crippen molar-refractivity contribution >= 4 is 0 Å². The minimum atomic E-state index is 0.248. The van der Waals surface area contributed by atoms with Gasteiger partial charge < -0.3 is 9.84 Å². The van der Waals surface area contributed by atoms with Crippen LogP contribution in [0.25, 0.3) is 0 Å². The third kappa shape index (κ3) is 5.84. The molecule has 2 nitrogen and oxygen atoms in total. The molecule has 0 amide bonds. The lowest BCUT2D eigenvalue weighted by atomic mass is 10.0. The number of rotatable bonds is 9. The molecule has 0 aliphatic carbocycles. The Hall–Kier alpha value is -1.90. The first-order valence-corrected chi connectivity index (χ1v) is 7.84. The molecule has 0 fully saturated rings. The molecule has 0 aliphatic heterocycles. The zero-order valence-electron chi connectivity index (χ0n) is 12.9. The predicted octanol–water partition coefficient (Wildman–Crippen LogP) is 3.93. The molecule has 0 spiro atoms. The number of benzene rings is 2. The van der Waals surface area contributed by atoms with E-state index in [0.29, 0.717) is 13.2 Å². The van der Waals surface area contributed by atoms with Crippen molar-refractivity contribution in [2.24, 2.45) is 0 Å². The van der Waals surface area contributed by atoms with Crippen LogP contribution in [0.2, 0.25) is 0 Å². The van der Waals surface area contributed by atoms with Crippen LogP contribution in [-0.2, 0) is 24.2 Å². The van der Waals surface area contributed by atoms with Crippen molar-refractivity contribution in [3.63, 3.8) is 0 Å².